The molecule has 3 amide bonds. The fourth-order valence-electron chi connectivity index (χ4n) is 2.45. The van der Waals surface area contributed by atoms with Gasteiger partial charge >= 0.3 is 29.6 Å². The molecule has 0 spiro atoms. The minimum absolute atomic E-state index is 0. The molecule has 0 aliphatic carbocycles. The van der Waals surface area contributed by atoms with Crippen molar-refractivity contribution in [3.05, 3.63) is 11.1 Å². The number of thioether (sulfide) groups is 1. The Kier molecular flexibility index (Phi) is 9.77. The van der Waals surface area contributed by atoms with Gasteiger partial charge in [-0.2, -0.15) is 0 Å². The van der Waals surface area contributed by atoms with Crippen molar-refractivity contribution in [2.75, 3.05) is 18.3 Å². The quantitative estimate of drug-likeness (QED) is 0.0736. The number of alkyl halides is 1. The standard InChI is InChI=1S/C13H14ClN9O7S3.Na/c1-22-13(18-20-21-22)32-11-8(10(26)23(11)33(27,28)29)17-9(25)7(19-30-2)5-4-31-12(15-5)16-6(24)3-14;/h4,8,11H,3H2,1-2H3,(H,17,25)(H,15,16,24)(H,27,28,29);/q;+1/p-1/t8-,11-;/m1./s1. The third-order valence-electron chi connectivity index (χ3n) is 3.85. The zero-order chi connectivity index (χ0) is 24.3. The monoisotopic (exact) mass is 561 g/mol. The first-order chi connectivity index (χ1) is 15.6. The maximum absolute atomic E-state index is 12.8. The van der Waals surface area contributed by atoms with E-state index in [9.17, 15) is 27.4 Å². The number of β-lactam (4-membered cyclic amide) rings is 1. The Bertz CT molecular complexity index is 1220. The summed E-state index contributed by atoms with van der Waals surface area (Å²) >= 11 is 7.07. The molecule has 0 unspecified atom stereocenters. The first-order valence-electron chi connectivity index (χ1n) is 8.48. The molecule has 2 atom stereocenters. The summed E-state index contributed by atoms with van der Waals surface area (Å²) in [6.07, 6.45) is 0. The number of hydrogen-bond acceptors (Lipinski definition) is 14. The Hall–Kier alpha value is -1.87. The summed E-state index contributed by atoms with van der Waals surface area (Å²) < 4.78 is 35.8. The number of nitrogens with zero attached hydrogens (tertiary/aromatic N) is 7. The molecule has 16 nitrogen and oxygen atoms in total. The second-order valence-corrected chi connectivity index (χ2v) is 9.44. The number of aromatic nitrogens is 5. The fraction of sp³-hybridized carbons (Fsp3) is 0.385. The Labute approximate surface area is 227 Å². The van der Waals surface area contributed by atoms with E-state index in [4.69, 9.17) is 11.6 Å². The van der Waals surface area contributed by atoms with Gasteiger partial charge in [0.05, 0.1) is 0 Å². The second kappa shape index (κ2) is 11.7. The minimum atomic E-state index is -5.18. The summed E-state index contributed by atoms with van der Waals surface area (Å²) in [6.45, 7) is 0. The average molecular weight is 562 g/mol. The Balaban J connectivity index is 0.00000408. The number of amides is 3. The molecule has 3 heterocycles. The van der Waals surface area contributed by atoms with Gasteiger partial charge in [0.2, 0.25) is 11.1 Å². The van der Waals surface area contributed by atoms with Crippen LogP contribution in [0.25, 0.3) is 0 Å². The van der Waals surface area contributed by atoms with Gasteiger partial charge in [-0.3, -0.25) is 14.4 Å². The van der Waals surface area contributed by atoms with Gasteiger partial charge in [-0.1, -0.05) is 16.9 Å². The molecule has 1 aliphatic rings. The first kappa shape index (κ1) is 28.4. The molecule has 1 aliphatic heterocycles. The topological polar surface area (TPSA) is 214 Å². The molecule has 178 valence electrons. The van der Waals surface area contributed by atoms with Crippen molar-refractivity contribution < 1.29 is 61.7 Å². The van der Waals surface area contributed by atoms with Crippen LogP contribution in [0.2, 0.25) is 0 Å². The van der Waals surface area contributed by atoms with Crippen LogP contribution in [0.15, 0.2) is 15.7 Å². The average Bonchev–Trinajstić information content (AvgIpc) is 3.37. The maximum atomic E-state index is 12.8. The van der Waals surface area contributed by atoms with Crippen molar-refractivity contribution in [2.24, 2.45) is 12.2 Å². The van der Waals surface area contributed by atoms with Crippen LogP contribution in [0.3, 0.4) is 0 Å². The number of nitrogens with one attached hydrogen (secondary N) is 2. The minimum Gasteiger partial charge on any atom is -0.731 e. The van der Waals surface area contributed by atoms with Crippen molar-refractivity contribution in [1.82, 2.24) is 34.8 Å². The third kappa shape index (κ3) is 6.22. The normalized spacial score (nSPS) is 18.1. The van der Waals surface area contributed by atoms with E-state index in [1.54, 1.807) is 0 Å². The number of tetrazole rings is 1. The summed E-state index contributed by atoms with van der Waals surface area (Å²) in [7, 11) is -2.56. The smallest absolute Gasteiger partial charge is 0.731 e. The zero-order valence-electron chi connectivity index (χ0n) is 17.5. The van der Waals surface area contributed by atoms with Crippen LogP contribution in [0.4, 0.5) is 5.13 Å². The van der Waals surface area contributed by atoms with E-state index >= 15 is 0 Å². The molecule has 2 aromatic rings. The van der Waals surface area contributed by atoms with E-state index < -0.39 is 39.4 Å². The largest absolute Gasteiger partial charge is 1.00 e. The third-order valence-corrected chi connectivity index (χ3v) is 7.15. The van der Waals surface area contributed by atoms with Crippen molar-refractivity contribution in [2.45, 2.75) is 16.6 Å². The molecular weight excluding hydrogens is 549 g/mol. The van der Waals surface area contributed by atoms with Gasteiger partial charge in [0, 0.05) is 12.4 Å². The molecule has 0 bridgehead atoms. The molecule has 3 rings (SSSR count). The van der Waals surface area contributed by atoms with Crippen molar-refractivity contribution in [1.29, 1.82) is 0 Å². The van der Waals surface area contributed by atoms with Crippen molar-refractivity contribution in [3.63, 3.8) is 0 Å². The molecule has 0 saturated carbocycles. The molecule has 2 N–H and O–H groups in total. The van der Waals surface area contributed by atoms with Crippen LogP contribution in [-0.4, -0.2) is 90.3 Å². The van der Waals surface area contributed by atoms with E-state index in [-0.39, 0.29) is 61.4 Å². The number of carbonyl (C=O) groups excluding carboxylic acids is 3. The Morgan fingerprint density at radius 1 is 1.44 bits per heavy atom. The number of anilines is 1. The van der Waals surface area contributed by atoms with Crippen molar-refractivity contribution >= 4 is 73.6 Å². The van der Waals surface area contributed by atoms with Crippen LogP contribution in [0, 0.1) is 0 Å². The van der Waals surface area contributed by atoms with E-state index in [1.165, 1.54) is 17.1 Å². The number of oxime groups is 1. The molecule has 1 fully saturated rings. The van der Waals surface area contributed by atoms with E-state index in [0.29, 0.717) is 11.8 Å². The SMILES string of the molecule is CON=C(C(=O)N[C@@H]1C(=O)N(S(=O)(=O)[O-])[C@@H]1Sc1nnnn1C)c1csc(NC(=O)CCl)n1.[Na+]. The van der Waals surface area contributed by atoms with Gasteiger partial charge in [0.25, 0.3) is 11.8 Å². The zero-order valence-corrected chi connectivity index (χ0v) is 22.7. The first-order valence-corrected chi connectivity index (χ1v) is 12.1. The molecule has 34 heavy (non-hydrogen) atoms. The fourth-order valence-corrected chi connectivity index (χ4v) is 5.39. The van der Waals surface area contributed by atoms with E-state index in [1.807, 2.05) is 0 Å². The van der Waals surface area contributed by atoms with Crippen LogP contribution in [0.5, 0.6) is 0 Å². The van der Waals surface area contributed by atoms with Gasteiger partial charge in [0.1, 0.15) is 30.1 Å². The van der Waals surface area contributed by atoms with Crippen LogP contribution in [0.1, 0.15) is 5.69 Å². The summed E-state index contributed by atoms with van der Waals surface area (Å²) in [5, 5.41) is 19.2. The predicted octanol–water partition coefficient (Wildman–Crippen LogP) is -4.90. The van der Waals surface area contributed by atoms with Crippen LogP contribution >= 0.6 is 34.7 Å². The second-order valence-electron chi connectivity index (χ2n) is 5.98. The summed E-state index contributed by atoms with van der Waals surface area (Å²) in [5.41, 5.74) is -0.383. The van der Waals surface area contributed by atoms with Gasteiger partial charge < -0.3 is 20.0 Å². The Morgan fingerprint density at radius 3 is 2.71 bits per heavy atom. The number of rotatable bonds is 9. The number of halogens is 1. The van der Waals surface area contributed by atoms with E-state index in [2.05, 4.69) is 41.1 Å². The summed E-state index contributed by atoms with van der Waals surface area (Å²) in [5.74, 6) is -2.95. The van der Waals surface area contributed by atoms with Crippen molar-refractivity contribution in [3.8, 4) is 0 Å². The van der Waals surface area contributed by atoms with Gasteiger partial charge in [-0.05, 0) is 10.4 Å². The number of hydrogen-bond donors (Lipinski definition) is 2. The van der Waals surface area contributed by atoms with Gasteiger partial charge in [-0.15, -0.1) is 28.0 Å². The molecular formula is C13H13ClN9NaO7S3. The molecule has 0 radical (unpaired) electrons. The van der Waals surface area contributed by atoms with Gasteiger partial charge in [0.15, 0.2) is 21.1 Å². The maximum Gasteiger partial charge on any atom is 1.00 e. The molecule has 0 aromatic carbocycles. The Morgan fingerprint density at radius 2 is 2.15 bits per heavy atom. The molecule has 1 saturated heterocycles. The van der Waals surface area contributed by atoms with Crippen LogP contribution < -0.4 is 40.2 Å². The summed E-state index contributed by atoms with van der Waals surface area (Å²) in [6, 6.07) is -1.43. The number of thiazole rings is 1. The number of aryl methyl sites for hydroxylation is 1. The summed E-state index contributed by atoms with van der Waals surface area (Å²) in [4.78, 5) is 45.3. The molecule has 21 heteroatoms. The predicted molar refractivity (Wildman–Crippen MR) is 112 cm³/mol. The van der Waals surface area contributed by atoms with Gasteiger partial charge in [-0.25, -0.2) is 22.4 Å². The van der Waals surface area contributed by atoms with Crippen LogP contribution in [-0.2, 0) is 36.6 Å². The van der Waals surface area contributed by atoms with E-state index in [0.717, 1.165) is 18.4 Å². The molecule has 2 aromatic heterocycles. The number of carbonyl (C=O) groups is 3.